The van der Waals surface area contributed by atoms with Crippen molar-refractivity contribution in [2.75, 3.05) is 5.32 Å². The average molecular weight is 144 g/mol. The second-order valence-corrected chi connectivity index (χ2v) is 2.69. The van der Waals surface area contributed by atoms with Gasteiger partial charge in [0.25, 0.3) is 0 Å². The summed E-state index contributed by atoms with van der Waals surface area (Å²) in [5.74, 6) is 0. The van der Waals surface area contributed by atoms with E-state index in [4.69, 9.17) is 5.26 Å². The third-order valence-electron chi connectivity index (χ3n) is 1.93. The summed E-state index contributed by atoms with van der Waals surface area (Å²) >= 11 is 0. The minimum absolute atomic E-state index is 0.0209. The molecule has 0 amide bonds. The van der Waals surface area contributed by atoms with Crippen LogP contribution in [0.5, 0.6) is 0 Å². The lowest BCUT2D eigenvalue weighted by Gasteiger charge is -1.98. The predicted octanol–water partition coefficient (Wildman–Crippen LogP) is 1.55. The summed E-state index contributed by atoms with van der Waals surface area (Å²) in [7, 11) is 0. The van der Waals surface area contributed by atoms with Crippen LogP contribution in [0.2, 0.25) is 0 Å². The number of hydrogen-bond donors (Lipinski definition) is 1. The molecule has 2 rings (SSSR count). The van der Waals surface area contributed by atoms with Crippen LogP contribution in [0, 0.1) is 11.3 Å². The van der Waals surface area contributed by atoms with E-state index in [9.17, 15) is 0 Å². The Labute approximate surface area is 65.5 Å². The van der Waals surface area contributed by atoms with E-state index in [1.165, 1.54) is 5.56 Å². The smallest absolute Gasteiger partial charge is 0.118 e. The maximum atomic E-state index is 8.63. The molecule has 1 aromatic carbocycles. The van der Waals surface area contributed by atoms with Crippen molar-refractivity contribution >= 4 is 5.69 Å². The van der Waals surface area contributed by atoms with Crippen molar-refractivity contribution < 1.29 is 0 Å². The summed E-state index contributed by atoms with van der Waals surface area (Å²) in [4.78, 5) is 0. The number of benzene rings is 1. The Kier molecular flexibility index (Phi) is 1.29. The molecule has 1 heterocycles. The van der Waals surface area contributed by atoms with Crippen molar-refractivity contribution in [3.63, 3.8) is 0 Å². The predicted molar refractivity (Wildman–Crippen MR) is 43.2 cm³/mol. The van der Waals surface area contributed by atoms with E-state index in [2.05, 4.69) is 17.5 Å². The van der Waals surface area contributed by atoms with Gasteiger partial charge in [0.2, 0.25) is 0 Å². The number of para-hydroxylation sites is 1. The highest BCUT2D eigenvalue weighted by atomic mass is 14.9. The summed E-state index contributed by atoms with van der Waals surface area (Å²) in [5, 5.41) is 11.7. The molecule has 0 saturated heterocycles. The van der Waals surface area contributed by atoms with Crippen LogP contribution in [0.25, 0.3) is 0 Å². The summed E-state index contributed by atoms with van der Waals surface area (Å²) in [6.45, 7) is 0. The van der Waals surface area contributed by atoms with Gasteiger partial charge in [0, 0.05) is 12.1 Å². The normalized spacial score (nSPS) is 20.1. The van der Waals surface area contributed by atoms with Gasteiger partial charge in [-0.3, -0.25) is 0 Å². The highest BCUT2D eigenvalue weighted by Gasteiger charge is 2.18. The van der Waals surface area contributed by atoms with Crippen LogP contribution in [-0.2, 0) is 6.42 Å². The number of fused-ring (bicyclic) bond motifs is 1. The number of nitriles is 1. The number of hydrogen-bond acceptors (Lipinski definition) is 2. The second-order valence-electron chi connectivity index (χ2n) is 2.69. The van der Waals surface area contributed by atoms with Crippen molar-refractivity contribution in [3.05, 3.63) is 29.8 Å². The summed E-state index contributed by atoms with van der Waals surface area (Å²) in [5.41, 5.74) is 2.36. The summed E-state index contributed by atoms with van der Waals surface area (Å²) in [6, 6.07) is 10.2. The molecule has 54 valence electrons. The molecular formula is C9H8N2. The number of anilines is 1. The fourth-order valence-electron chi connectivity index (χ4n) is 1.38. The first-order chi connectivity index (χ1) is 5.40. The van der Waals surface area contributed by atoms with E-state index in [1.807, 2.05) is 18.2 Å². The highest BCUT2D eigenvalue weighted by molar-refractivity contribution is 5.57. The number of rotatable bonds is 0. The van der Waals surface area contributed by atoms with E-state index < -0.39 is 0 Å². The Hall–Kier alpha value is -1.49. The topological polar surface area (TPSA) is 35.8 Å². The molecule has 1 atom stereocenters. The molecule has 0 fully saturated rings. The van der Waals surface area contributed by atoms with Gasteiger partial charge in [0.15, 0.2) is 0 Å². The van der Waals surface area contributed by atoms with Gasteiger partial charge in [-0.15, -0.1) is 0 Å². The molecule has 2 heteroatoms. The van der Waals surface area contributed by atoms with E-state index in [0.29, 0.717) is 0 Å². The molecule has 1 aromatic rings. The lowest BCUT2D eigenvalue weighted by molar-refractivity contribution is 0.937. The Balaban J connectivity index is 2.35. The number of nitrogens with one attached hydrogen (secondary N) is 1. The minimum Gasteiger partial charge on any atom is -0.369 e. The molecule has 0 spiro atoms. The molecule has 1 unspecified atom stereocenters. The minimum atomic E-state index is -0.0209. The van der Waals surface area contributed by atoms with E-state index in [0.717, 1.165) is 12.1 Å². The van der Waals surface area contributed by atoms with Crippen molar-refractivity contribution in [1.29, 1.82) is 5.26 Å². The van der Waals surface area contributed by atoms with Gasteiger partial charge in [0.1, 0.15) is 6.04 Å². The first kappa shape index (κ1) is 6.23. The van der Waals surface area contributed by atoms with Gasteiger partial charge in [-0.1, -0.05) is 18.2 Å². The van der Waals surface area contributed by atoms with Gasteiger partial charge in [-0.25, -0.2) is 0 Å². The maximum Gasteiger partial charge on any atom is 0.118 e. The van der Waals surface area contributed by atoms with Crippen molar-refractivity contribution in [2.45, 2.75) is 12.5 Å². The third-order valence-corrected chi connectivity index (χ3v) is 1.93. The van der Waals surface area contributed by atoms with Gasteiger partial charge >= 0.3 is 0 Å². The largest absolute Gasteiger partial charge is 0.369 e. The molecule has 0 saturated carbocycles. The molecule has 1 N–H and O–H groups in total. The van der Waals surface area contributed by atoms with Crippen molar-refractivity contribution in [3.8, 4) is 6.07 Å². The average Bonchev–Trinajstić information content (AvgIpc) is 2.46. The third kappa shape index (κ3) is 0.947. The highest BCUT2D eigenvalue weighted by Crippen LogP contribution is 2.24. The van der Waals surface area contributed by atoms with Gasteiger partial charge in [-0.2, -0.15) is 5.26 Å². The molecule has 0 radical (unpaired) electrons. The quantitative estimate of drug-likeness (QED) is 0.599. The standard InChI is InChI=1S/C9H8N2/c10-6-8-5-7-3-1-2-4-9(7)11-8/h1-4,8,11H,5H2. The van der Waals surface area contributed by atoms with Crippen LogP contribution < -0.4 is 5.32 Å². The molecular weight excluding hydrogens is 136 g/mol. The maximum absolute atomic E-state index is 8.63. The van der Waals surface area contributed by atoms with E-state index >= 15 is 0 Å². The molecule has 1 aliphatic rings. The Bertz CT molecular complexity index is 287. The Morgan fingerprint density at radius 1 is 1.45 bits per heavy atom. The molecule has 1 aliphatic heterocycles. The lowest BCUT2D eigenvalue weighted by atomic mass is 10.1. The van der Waals surface area contributed by atoms with Gasteiger partial charge in [-0.05, 0) is 11.6 Å². The van der Waals surface area contributed by atoms with Crippen molar-refractivity contribution in [2.24, 2.45) is 0 Å². The van der Waals surface area contributed by atoms with Crippen molar-refractivity contribution in [1.82, 2.24) is 0 Å². The van der Waals surface area contributed by atoms with Gasteiger partial charge in [0.05, 0.1) is 6.07 Å². The molecule has 0 aliphatic carbocycles. The molecule has 0 bridgehead atoms. The Morgan fingerprint density at radius 3 is 3.00 bits per heavy atom. The molecule has 11 heavy (non-hydrogen) atoms. The summed E-state index contributed by atoms with van der Waals surface area (Å²) < 4.78 is 0. The number of nitrogens with zero attached hydrogens (tertiary/aromatic N) is 1. The zero-order valence-electron chi connectivity index (χ0n) is 6.04. The van der Waals surface area contributed by atoms with E-state index in [1.54, 1.807) is 0 Å². The molecule has 0 aromatic heterocycles. The fourth-order valence-corrected chi connectivity index (χ4v) is 1.38. The van der Waals surface area contributed by atoms with Crippen LogP contribution in [-0.4, -0.2) is 6.04 Å². The zero-order chi connectivity index (χ0) is 7.68. The van der Waals surface area contributed by atoms with Crippen LogP contribution in [0.1, 0.15) is 5.56 Å². The lowest BCUT2D eigenvalue weighted by Crippen LogP contribution is -2.11. The van der Waals surface area contributed by atoms with Crippen LogP contribution in [0.15, 0.2) is 24.3 Å². The first-order valence-corrected chi connectivity index (χ1v) is 3.64. The van der Waals surface area contributed by atoms with Crippen LogP contribution in [0.4, 0.5) is 5.69 Å². The van der Waals surface area contributed by atoms with E-state index in [-0.39, 0.29) is 6.04 Å². The SMILES string of the molecule is N#CC1Cc2ccccc2N1. The fraction of sp³-hybridized carbons (Fsp3) is 0.222. The first-order valence-electron chi connectivity index (χ1n) is 3.64. The zero-order valence-corrected chi connectivity index (χ0v) is 6.04. The van der Waals surface area contributed by atoms with Gasteiger partial charge < -0.3 is 5.32 Å². The Morgan fingerprint density at radius 2 is 2.27 bits per heavy atom. The summed E-state index contributed by atoms with van der Waals surface area (Å²) in [6.07, 6.45) is 0.840. The van der Waals surface area contributed by atoms with Crippen LogP contribution in [0.3, 0.4) is 0 Å². The monoisotopic (exact) mass is 144 g/mol. The second kappa shape index (κ2) is 2.28. The van der Waals surface area contributed by atoms with Crippen LogP contribution >= 0.6 is 0 Å². The molecule has 2 nitrogen and oxygen atoms in total.